The van der Waals surface area contributed by atoms with Gasteiger partial charge in [0.1, 0.15) is 11.5 Å². The van der Waals surface area contributed by atoms with Crippen molar-refractivity contribution in [3.8, 4) is 0 Å². The van der Waals surface area contributed by atoms with Gasteiger partial charge in [0.15, 0.2) is 0 Å². The Labute approximate surface area is 112 Å². The molecule has 0 unspecified atom stereocenters. The highest BCUT2D eigenvalue weighted by Crippen LogP contribution is 2.09. The first-order valence-electron chi connectivity index (χ1n) is 6.28. The summed E-state index contributed by atoms with van der Waals surface area (Å²) in [5, 5.41) is 2.84. The highest BCUT2D eigenvalue weighted by atomic mass is 16.3. The molecule has 2 aromatic rings. The van der Waals surface area contributed by atoms with E-state index >= 15 is 0 Å². The van der Waals surface area contributed by atoms with Crippen LogP contribution < -0.4 is 11.1 Å². The number of carbonyl (C=O) groups excluding carboxylic acids is 1. The standard InChI is InChI=1S/C15H18N2O2/c1-11-6-7-14(19-11)10-17-15(18)8-12-4-2-3-5-13(12)9-16/h2-7H,8-10,16H2,1H3,(H,17,18). The molecule has 1 heterocycles. The number of nitrogens with two attached hydrogens (primary N) is 1. The van der Waals surface area contributed by atoms with Crippen LogP contribution in [0.2, 0.25) is 0 Å². The Hall–Kier alpha value is -2.07. The molecule has 4 nitrogen and oxygen atoms in total. The first-order chi connectivity index (χ1) is 9.19. The highest BCUT2D eigenvalue weighted by Gasteiger charge is 2.07. The fourth-order valence-corrected chi connectivity index (χ4v) is 1.93. The van der Waals surface area contributed by atoms with Crippen LogP contribution in [-0.4, -0.2) is 5.91 Å². The number of amides is 1. The van der Waals surface area contributed by atoms with Crippen molar-refractivity contribution in [3.63, 3.8) is 0 Å². The molecule has 1 aromatic carbocycles. The van der Waals surface area contributed by atoms with Gasteiger partial charge in [-0.2, -0.15) is 0 Å². The molecule has 0 aliphatic carbocycles. The van der Waals surface area contributed by atoms with Crippen molar-refractivity contribution < 1.29 is 9.21 Å². The SMILES string of the molecule is Cc1ccc(CNC(=O)Cc2ccccc2CN)o1. The van der Waals surface area contributed by atoms with Crippen LogP contribution in [0.25, 0.3) is 0 Å². The number of rotatable bonds is 5. The van der Waals surface area contributed by atoms with Crippen LogP contribution in [0.5, 0.6) is 0 Å². The number of nitrogens with one attached hydrogen (secondary N) is 1. The third-order valence-electron chi connectivity index (χ3n) is 2.95. The van der Waals surface area contributed by atoms with Crippen LogP contribution in [0.4, 0.5) is 0 Å². The summed E-state index contributed by atoms with van der Waals surface area (Å²) < 4.78 is 5.39. The predicted octanol–water partition coefficient (Wildman–Crippen LogP) is 1.91. The molecule has 0 spiro atoms. The summed E-state index contributed by atoms with van der Waals surface area (Å²) in [5.74, 6) is 1.57. The van der Waals surface area contributed by atoms with Crippen LogP contribution in [0.1, 0.15) is 22.6 Å². The van der Waals surface area contributed by atoms with E-state index in [1.165, 1.54) is 0 Å². The maximum absolute atomic E-state index is 11.9. The topological polar surface area (TPSA) is 68.3 Å². The Bertz CT molecular complexity index is 561. The van der Waals surface area contributed by atoms with Gasteiger partial charge in [0, 0.05) is 6.54 Å². The number of aryl methyl sites for hydroxylation is 1. The third kappa shape index (κ3) is 3.69. The molecular weight excluding hydrogens is 240 g/mol. The van der Waals surface area contributed by atoms with Gasteiger partial charge in [0.2, 0.25) is 5.91 Å². The molecule has 1 aromatic heterocycles. The molecule has 19 heavy (non-hydrogen) atoms. The minimum Gasteiger partial charge on any atom is -0.465 e. The van der Waals surface area contributed by atoms with Gasteiger partial charge in [-0.15, -0.1) is 0 Å². The fraction of sp³-hybridized carbons (Fsp3) is 0.267. The van der Waals surface area contributed by atoms with E-state index in [0.717, 1.165) is 22.6 Å². The Morgan fingerprint density at radius 2 is 1.95 bits per heavy atom. The van der Waals surface area contributed by atoms with Crippen molar-refractivity contribution >= 4 is 5.91 Å². The second-order valence-electron chi connectivity index (χ2n) is 4.44. The molecule has 3 N–H and O–H groups in total. The van der Waals surface area contributed by atoms with Crippen LogP contribution >= 0.6 is 0 Å². The lowest BCUT2D eigenvalue weighted by Gasteiger charge is -2.07. The molecule has 0 radical (unpaired) electrons. The van der Waals surface area contributed by atoms with Crippen molar-refractivity contribution in [2.45, 2.75) is 26.4 Å². The minimum absolute atomic E-state index is 0.0325. The van der Waals surface area contributed by atoms with E-state index in [9.17, 15) is 4.79 Å². The average molecular weight is 258 g/mol. The zero-order chi connectivity index (χ0) is 13.7. The van der Waals surface area contributed by atoms with Crippen LogP contribution in [-0.2, 0) is 24.3 Å². The number of benzene rings is 1. The van der Waals surface area contributed by atoms with E-state index in [4.69, 9.17) is 10.2 Å². The Kier molecular flexibility index (Phi) is 4.36. The van der Waals surface area contributed by atoms with Crippen LogP contribution in [0, 0.1) is 6.92 Å². The van der Waals surface area contributed by atoms with E-state index in [-0.39, 0.29) is 5.91 Å². The molecule has 0 atom stereocenters. The summed E-state index contributed by atoms with van der Waals surface area (Å²) in [4.78, 5) is 11.9. The molecule has 0 bridgehead atoms. The molecule has 100 valence electrons. The molecule has 0 saturated carbocycles. The number of furan rings is 1. The van der Waals surface area contributed by atoms with Gasteiger partial charge in [-0.25, -0.2) is 0 Å². The minimum atomic E-state index is -0.0325. The molecule has 1 amide bonds. The molecule has 0 aliphatic rings. The van der Waals surface area contributed by atoms with Crippen molar-refractivity contribution in [1.82, 2.24) is 5.32 Å². The zero-order valence-corrected chi connectivity index (χ0v) is 11.0. The summed E-state index contributed by atoms with van der Waals surface area (Å²) >= 11 is 0. The van der Waals surface area contributed by atoms with Gasteiger partial charge < -0.3 is 15.5 Å². The third-order valence-corrected chi connectivity index (χ3v) is 2.95. The maximum atomic E-state index is 11.9. The lowest BCUT2D eigenvalue weighted by atomic mass is 10.0. The smallest absolute Gasteiger partial charge is 0.224 e. The van der Waals surface area contributed by atoms with Crippen LogP contribution in [0.15, 0.2) is 40.8 Å². The Morgan fingerprint density at radius 3 is 2.58 bits per heavy atom. The predicted molar refractivity (Wildman–Crippen MR) is 73.3 cm³/mol. The summed E-state index contributed by atoms with van der Waals surface area (Å²) in [5.41, 5.74) is 7.62. The van der Waals surface area contributed by atoms with E-state index < -0.39 is 0 Å². The summed E-state index contributed by atoms with van der Waals surface area (Å²) in [6.45, 7) is 2.74. The molecule has 2 rings (SSSR count). The second-order valence-corrected chi connectivity index (χ2v) is 4.44. The number of hydrogen-bond acceptors (Lipinski definition) is 3. The van der Waals surface area contributed by atoms with E-state index in [2.05, 4.69) is 5.32 Å². The molecule has 0 saturated heterocycles. The molecule has 0 aliphatic heterocycles. The van der Waals surface area contributed by atoms with Crippen molar-refractivity contribution in [3.05, 3.63) is 59.0 Å². The molecule has 4 heteroatoms. The summed E-state index contributed by atoms with van der Waals surface area (Å²) in [7, 11) is 0. The van der Waals surface area contributed by atoms with E-state index in [1.54, 1.807) is 0 Å². The van der Waals surface area contributed by atoms with E-state index in [0.29, 0.717) is 19.5 Å². The first kappa shape index (κ1) is 13.4. The average Bonchev–Trinajstić information content (AvgIpc) is 2.83. The fourth-order valence-electron chi connectivity index (χ4n) is 1.93. The lowest BCUT2D eigenvalue weighted by Crippen LogP contribution is -2.25. The van der Waals surface area contributed by atoms with Crippen molar-refractivity contribution in [2.75, 3.05) is 0 Å². The Morgan fingerprint density at radius 1 is 1.21 bits per heavy atom. The number of carbonyl (C=O) groups is 1. The van der Waals surface area contributed by atoms with Crippen LogP contribution in [0.3, 0.4) is 0 Å². The van der Waals surface area contributed by atoms with Gasteiger partial charge >= 0.3 is 0 Å². The molecular formula is C15H18N2O2. The first-order valence-corrected chi connectivity index (χ1v) is 6.28. The molecule has 0 fully saturated rings. The zero-order valence-electron chi connectivity index (χ0n) is 11.0. The van der Waals surface area contributed by atoms with Gasteiger partial charge in [-0.1, -0.05) is 24.3 Å². The maximum Gasteiger partial charge on any atom is 0.224 e. The van der Waals surface area contributed by atoms with Gasteiger partial charge in [-0.05, 0) is 30.2 Å². The van der Waals surface area contributed by atoms with Gasteiger partial charge in [-0.3, -0.25) is 4.79 Å². The van der Waals surface area contributed by atoms with E-state index in [1.807, 2.05) is 43.3 Å². The normalized spacial score (nSPS) is 10.4. The van der Waals surface area contributed by atoms with Crippen molar-refractivity contribution in [1.29, 1.82) is 0 Å². The largest absolute Gasteiger partial charge is 0.465 e. The quantitative estimate of drug-likeness (QED) is 0.860. The Balaban J connectivity index is 1.90. The lowest BCUT2D eigenvalue weighted by molar-refractivity contribution is -0.120. The second kappa shape index (κ2) is 6.20. The van der Waals surface area contributed by atoms with Gasteiger partial charge in [0.05, 0.1) is 13.0 Å². The van der Waals surface area contributed by atoms with Gasteiger partial charge in [0.25, 0.3) is 0 Å². The summed E-state index contributed by atoms with van der Waals surface area (Å²) in [6, 6.07) is 11.5. The summed E-state index contributed by atoms with van der Waals surface area (Å²) in [6.07, 6.45) is 0.340. The van der Waals surface area contributed by atoms with Crippen molar-refractivity contribution in [2.24, 2.45) is 5.73 Å². The number of hydrogen-bond donors (Lipinski definition) is 2. The highest BCUT2D eigenvalue weighted by molar-refractivity contribution is 5.78. The monoisotopic (exact) mass is 258 g/mol.